The van der Waals surface area contributed by atoms with Crippen molar-refractivity contribution in [1.82, 2.24) is 10.2 Å². The molecule has 1 saturated heterocycles. The first-order valence-corrected chi connectivity index (χ1v) is 8.08. The van der Waals surface area contributed by atoms with Crippen LogP contribution in [0.25, 0.3) is 0 Å². The zero-order valence-corrected chi connectivity index (χ0v) is 12.1. The number of amides is 2. The van der Waals surface area contributed by atoms with Gasteiger partial charge in [-0.1, -0.05) is 6.92 Å². The topological polar surface area (TPSA) is 66.5 Å². The fourth-order valence-electron chi connectivity index (χ4n) is 2.04. The van der Waals surface area contributed by atoms with Gasteiger partial charge in [-0.05, 0) is 19.8 Å². The van der Waals surface area contributed by atoms with Crippen LogP contribution in [0, 0.1) is 0 Å². The Labute approximate surface area is 111 Å². The molecule has 0 aromatic heterocycles. The molecule has 104 valence electrons. The molecule has 1 aliphatic rings. The van der Waals surface area contributed by atoms with Crippen LogP contribution in [0.15, 0.2) is 0 Å². The molecule has 0 saturated carbocycles. The van der Waals surface area contributed by atoms with E-state index in [1.165, 1.54) is 4.90 Å². The Morgan fingerprint density at radius 2 is 2.17 bits per heavy atom. The predicted octanol–water partition coefficient (Wildman–Crippen LogP) is 0.271. The molecule has 3 unspecified atom stereocenters. The fraction of sp³-hybridized carbons (Fsp3) is 0.833. The molecule has 1 fully saturated rings. The first-order chi connectivity index (χ1) is 8.45. The highest BCUT2D eigenvalue weighted by molar-refractivity contribution is 7.84. The average molecular weight is 274 g/mol. The third kappa shape index (κ3) is 4.17. The Balaban J connectivity index is 2.46. The van der Waals surface area contributed by atoms with Crippen LogP contribution in [0.1, 0.15) is 33.1 Å². The monoisotopic (exact) mass is 274 g/mol. The second-order valence-electron chi connectivity index (χ2n) is 4.77. The van der Waals surface area contributed by atoms with Crippen LogP contribution in [0.3, 0.4) is 0 Å². The van der Waals surface area contributed by atoms with Crippen molar-refractivity contribution in [2.24, 2.45) is 0 Å². The maximum Gasteiger partial charge on any atom is 0.246 e. The molecule has 1 heterocycles. The van der Waals surface area contributed by atoms with Crippen molar-refractivity contribution in [3.8, 4) is 0 Å². The minimum atomic E-state index is -0.817. The van der Waals surface area contributed by atoms with Gasteiger partial charge < -0.3 is 5.32 Å². The van der Waals surface area contributed by atoms with Gasteiger partial charge in [0.15, 0.2) is 0 Å². The van der Waals surface area contributed by atoms with Crippen molar-refractivity contribution in [1.29, 1.82) is 0 Å². The molecule has 0 spiro atoms. The average Bonchev–Trinajstić information content (AvgIpc) is 2.55. The molecule has 18 heavy (non-hydrogen) atoms. The van der Waals surface area contributed by atoms with Crippen molar-refractivity contribution in [2.45, 2.75) is 45.2 Å². The normalized spacial score (nSPS) is 23.5. The Morgan fingerprint density at radius 1 is 1.50 bits per heavy atom. The van der Waals surface area contributed by atoms with Gasteiger partial charge in [-0.15, -0.1) is 0 Å². The minimum absolute atomic E-state index is 0.0920. The molecule has 1 aliphatic heterocycles. The Hall–Kier alpha value is -0.750. The summed E-state index contributed by atoms with van der Waals surface area (Å²) in [7, 11) is -0.817. The molecular weight excluding hydrogens is 252 g/mol. The second-order valence-corrected chi connectivity index (χ2v) is 6.33. The number of carbonyl (C=O) groups excluding carboxylic acids is 2. The summed E-state index contributed by atoms with van der Waals surface area (Å²) in [4.78, 5) is 24.9. The van der Waals surface area contributed by atoms with Crippen molar-refractivity contribution in [3.05, 3.63) is 0 Å². The van der Waals surface area contributed by atoms with E-state index in [1.807, 2.05) is 13.8 Å². The molecule has 1 N–H and O–H groups in total. The van der Waals surface area contributed by atoms with E-state index in [1.54, 1.807) is 6.26 Å². The fourth-order valence-corrected chi connectivity index (χ4v) is 2.73. The molecule has 1 rings (SSSR count). The van der Waals surface area contributed by atoms with E-state index in [9.17, 15) is 13.8 Å². The maximum atomic E-state index is 12.0. The maximum absolute atomic E-state index is 12.0. The summed E-state index contributed by atoms with van der Waals surface area (Å²) in [5.41, 5.74) is 0. The summed E-state index contributed by atoms with van der Waals surface area (Å²) >= 11 is 0. The molecule has 0 aromatic carbocycles. The molecule has 0 aromatic rings. The smallest absolute Gasteiger partial charge is 0.246 e. The number of nitrogens with one attached hydrogen (secondary N) is 1. The van der Waals surface area contributed by atoms with Gasteiger partial charge in [-0.2, -0.15) is 0 Å². The van der Waals surface area contributed by atoms with E-state index in [-0.39, 0.29) is 24.3 Å². The number of likely N-dealkylation sites (tertiary alicyclic amines) is 1. The van der Waals surface area contributed by atoms with E-state index in [0.29, 0.717) is 12.3 Å². The molecule has 3 atom stereocenters. The SMILES string of the molecule is CCCN1C(=O)CC(NC(C)CCS(C)=O)C1=O. The van der Waals surface area contributed by atoms with Gasteiger partial charge in [-0.3, -0.25) is 18.7 Å². The van der Waals surface area contributed by atoms with Gasteiger partial charge >= 0.3 is 0 Å². The molecule has 0 bridgehead atoms. The Kier molecular flexibility index (Phi) is 5.95. The Morgan fingerprint density at radius 3 is 2.72 bits per heavy atom. The third-order valence-corrected chi connectivity index (χ3v) is 3.83. The van der Waals surface area contributed by atoms with Crippen LogP contribution >= 0.6 is 0 Å². The van der Waals surface area contributed by atoms with Gasteiger partial charge in [-0.25, -0.2) is 0 Å². The number of rotatable bonds is 7. The van der Waals surface area contributed by atoms with E-state index >= 15 is 0 Å². The van der Waals surface area contributed by atoms with E-state index < -0.39 is 16.8 Å². The lowest BCUT2D eigenvalue weighted by Crippen LogP contribution is -2.43. The predicted molar refractivity (Wildman–Crippen MR) is 71.6 cm³/mol. The van der Waals surface area contributed by atoms with E-state index in [2.05, 4.69) is 5.32 Å². The molecule has 2 amide bonds. The lowest BCUT2D eigenvalue weighted by Gasteiger charge is -2.18. The molecule has 0 radical (unpaired) electrons. The lowest BCUT2D eigenvalue weighted by molar-refractivity contribution is -0.138. The highest BCUT2D eigenvalue weighted by Crippen LogP contribution is 2.14. The quantitative estimate of drug-likeness (QED) is 0.677. The van der Waals surface area contributed by atoms with Gasteiger partial charge in [0.25, 0.3) is 0 Å². The van der Waals surface area contributed by atoms with Crippen LogP contribution in [-0.2, 0) is 20.4 Å². The second kappa shape index (κ2) is 6.99. The van der Waals surface area contributed by atoms with Crippen molar-refractivity contribution >= 4 is 22.6 Å². The first kappa shape index (κ1) is 15.3. The van der Waals surface area contributed by atoms with Crippen LogP contribution in [-0.4, -0.2) is 51.6 Å². The third-order valence-electron chi connectivity index (χ3n) is 3.02. The summed E-state index contributed by atoms with van der Waals surface area (Å²) < 4.78 is 11.0. The lowest BCUT2D eigenvalue weighted by atomic mass is 10.2. The molecular formula is C12H22N2O3S. The highest BCUT2D eigenvalue weighted by Gasteiger charge is 2.38. The Bertz CT molecular complexity index is 346. The number of carbonyl (C=O) groups is 2. The number of hydrogen-bond acceptors (Lipinski definition) is 4. The highest BCUT2D eigenvalue weighted by atomic mass is 32.2. The van der Waals surface area contributed by atoms with Crippen molar-refractivity contribution < 1.29 is 13.8 Å². The summed E-state index contributed by atoms with van der Waals surface area (Å²) in [6.07, 6.45) is 3.45. The summed E-state index contributed by atoms with van der Waals surface area (Å²) in [6, 6.07) is -0.304. The number of nitrogens with zero attached hydrogens (tertiary/aromatic N) is 1. The molecule has 5 nitrogen and oxygen atoms in total. The van der Waals surface area contributed by atoms with Gasteiger partial charge in [0.05, 0.1) is 12.5 Å². The number of hydrogen-bond donors (Lipinski definition) is 1. The minimum Gasteiger partial charge on any atom is -0.303 e. The summed E-state index contributed by atoms with van der Waals surface area (Å²) in [5, 5.41) is 3.16. The van der Waals surface area contributed by atoms with Gasteiger partial charge in [0.1, 0.15) is 0 Å². The van der Waals surface area contributed by atoms with Crippen LogP contribution in [0.4, 0.5) is 0 Å². The van der Waals surface area contributed by atoms with Crippen molar-refractivity contribution in [3.63, 3.8) is 0 Å². The summed E-state index contributed by atoms with van der Waals surface area (Å²) in [6.45, 7) is 4.40. The van der Waals surface area contributed by atoms with Gasteiger partial charge in [0.2, 0.25) is 11.8 Å². The first-order valence-electron chi connectivity index (χ1n) is 6.36. The van der Waals surface area contributed by atoms with Crippen LogP contribution < -0.4 is 5.32 Å². The van der Waals surface area contributed by atoms with Crippen LogP contribution in [0.2, 0.25) is 0 Å². The van der Waals surface area contributed by atoms with Gasteiger partial charge in [0, 0.05) is 35.4 Å². The van der Waals surface area contributed by atoms with Crippen LogP contribution in [0.5, 0.6) is 0 Å². The standard InChI is InChI=1S/C12H22N2O3S/c1-4-6-14-11(15)8-10(12(14)16)13-9(2)5-7-18(3)17/h9-10,13H,4-8H2,1-3H3. The zero-order chi connectivity index (χ0) is 13.7. The summed E-state index contributed by atoms with van der Waals surface area (Å²) in [5.74, 6) is 0.402. The zero-order valence-electron chi connectivity index (χ0n) is 11.3. The number of imide groups is 1. The molecule has 0 aliphatic carbocycles. The largest absolute Gasteiger partial charge is 0.303 e. The van der Waals surface area contributed by atoms with E-state index in [4.69, 9.17) is 0 Å². The van der Waals surface area contributed by atoms with E-state index in [0.717, 1.165) is 12.8 Å². The van der Waals surface area contributed by atoms with Crippen molar-refractivity contribution in [2.75, 3.05) is 18.6 Å². The molecule has 6 heteroatoms.